The van der Waals surface area contributed by atoms with Gasteiger partial charge in [-0.3, -0.25) is 9.59 Å². The third kappa shape index (κ3) is 3.47. The third-order valence-corrected chi connectivity index (χ3v) is 4.55. The van der Waals surface area contributed by atoms with Crippen LogP contribution < -0.4 is 5.32 Å². The lowest BCUT2D eigenvalue weighted by molar-refractivity contribution is -0.149. The van der Waals surface area contributed by atoms with E-state index in [0.29, 0.717) is 12.8 Å². The monoisotopic (exact) mass is 269 g/mol. The molecule has 1 amide bonds. The maximum Gasteiger partial charge on any atom is 0.307 e. The summed E-state index contributed by atoms with van der Waals surface area (Å²) in [6.07, 6.45) is 6.44. The maximum atomic E-state index is 12.1. The van der Waals surface area contributed by atoms with E-state index >= 15 is 0 Å². The van der Waals surface area contributed by atoms with E-state index in [2.05, 4.69) is 5.32 Å². The minimum Gasteiger partial charge on any atom is -0.481 e. The van der Waals surface area contributed by atoms with Crippen LogP contribution in [0, 0.1) is 11.8 Å². The summed E-state index contributed by atoms with van der Waals surface area (Å²) in [5.74, 6) is -2.07. The second-order valence-electron chi connectivity index (χ2n) is 5.98. The number of carbonyl (C=O) groups is 2. The van der Waals surface area contributed by atoms with Crippen LogP contribution in [-0.2, 0) is 9.59 Å². The molecule has 2 atom stereocenters. The van der Waals surface area contributed by atoms with Gasteiger partial charge in [-0.1, -0.05) is 25.7 Å². The molecule has 0 aliphatic heterocycles. The van der Waals surface area contributed by atoms with Gasteiger partial charge in [0.1, 0.15) is 0 Å². The van der Waals surface area contributed by atoms with Crippen molar-refractivity contribution in [3.8, 4) is 0 Å². The van der Waals surface area contributed by atoms with E-state index in [9.17, 15) is 14.7 Å². The van der Waals surface area contributed by atoms with Crippen molar-refractivity contribution in [2.45, 2.75) is 57.0 Å². The average molecular weight is 269 g/mol. The number of rotatable bonds is 4. The van der Waals surface area contributed by atoms with E-state index in [4.69, 9.17) is 5.11 Å². The molecule has 5 heteroatoms. The van der Waals surface area contributed by atoms with Crippen molar-refractivity contribution in [2.24, 2.45) is 11.8 Å². The molecule has 2 saturated carbocycles. The van der Waals surface area contributed by atoms with Crippen LogP contribution in [0.1, 0.15) is 51.4 Å². The van der Waals surface area contributed by atoms with Crippen molar-refractivity contribution < 1.29 is 19.8 Å². The standard InChI is InChI=1S/C14H23NO4/c16-12(15-9-14(19)7-3-4-8-14)10-5-1-2-6-11(10)13(17)18/h10-11,19H,1-9H2,(H,15,16)(H,17,18). The predicted octanol–water partition coefficient (Wildman–Crippen LogP) is 1.30. The lowest BCUT2D eigenvalue weighted by atomic mass is 9.78. The summed E-state index contributed by atoms with van der Waals surface area (Å²) in [6, 6.07) is 0. The molecular formula is C14H23NO4. The molecule has 0 bridgehead atoms. The van der Waals surface area contributed by atoms with E-state index in [1.165, 1.54) is 0 Å². The van der Waals surface area contributed by atoms with Gasteiger partial charge in [0.2, 0.25) is 5.91 Å². The summed E-state index contributed by atoms with van der Waals surface area (Å²) in [5.41, 5.74) is -0.775. The van der Waals surface area contributed by atoms with Crippen LogP contribution >= 0.6 is 0 Å². The second-order valence-corrected chi connectivity index (χ2v) is 5.98. The van der Waals surface area contributed by atoms with Gasteiger partial charge in [-0.2, -0.15) is 0 Å². The Morgan fingerprint density at radius 3 is 2.21 bits per heavy atom. The minimum absolute atomic E-state index is 0.201. The number of aliphatic carboxylic acids is 1. The third-order valence-electron chi connectivity index (χ3n) is 4.55. The Bertz CT molecular complexity index is 349. The number of carboxylic acids is 1. The van der Waals surface area contributed by atoms with Gasteiger partial charge in [0.15, 0.2) is 0 Å². The Morgan fingerprint density at radius 2 is 1.63 bits per heavy atom. The van der Waals surface area contributed by atoms with Crippen LogP contribution in [0.5, 0.6) is 0 Å². The van der Waals surface area contributed by atoms with Crippen molar-refractivity contribution in [1.29, 1.82) is 0 Å². The van der Waals surface area contributed by atoms with Gasteiger partial charge >= 0.3 is 5.97 Å². The normalized spacial score (nSPS) is 29.9. The molecule has 0 aromatic heterocycles. The summed E-state index contributed by atoms with van der Waals surface area (Å²) < 4.78 is 0. The maximum absolute atomic E-state index is 12.1. The van der Waals surface area contributed by atoms with Gasteiger partial charge < -0.3 is 15.5 Å². The lowest BCUT2D eigenvalue weighted by Crippen LogP contribution is -2.46. The minimum atomic E-state index is -0.876. The van der Waals surface area contributed by atoms with Crippen molar-refractivity contribution in [3.63, 3.8) is 0 Å². The van der Waals surface area contributed by atoms with Crippen LogP contribution in [0.15, 0.2) is 0 Å². The van der Waals surface area contributed by atoms with Crippen LogP contribution in [0.25, 0.3) is 0 Å². The lowest BCUT2D eigenvalue weighted by Gasteiger charge is -2.29. The fraction of sp³-hybridized carbons (Fsp3) is 0.857. The summed E-state index contributed by atoms with van der Waals surface area (Å²) in [4.78, 5) is 23.3. The highest BCUT2D eigenvalue weighted by molar-refractivity contribution is 5.84. The molecule has 0 aromatic rings. The molecule has 0 heterocycles. The number of aliphatic hydroxyl groups is 1. The summed E-state index contributed by atoms with van der Waals surface area (Å²) in [7, 11) is 0. The fourth-order valence-corrected chi connectivity index (χ4v) is 3.33. The largest absolute Gasteiger partial charge is 0.481 e. The highest BCUT2D eigenvalue weighted by Crippen LogP contribution is 2.31. The zero-order valence-electron chi connectivity index (χ0n) is 11.2. The van der Waals surface area contributed by atoms with Gasteiger partial charge in [-0.15, -0.1) is 0 Å². The van der Waals surface area contributed by atoms with Crippen molar-refractivity contribution >= 4 is 11.9 Å². The highest BCUT2D eigenvalue weighted by Gasteiger charge is 2.37. The van der Waals surface area contributed by atoms with Gasteiger partial charge in [0.25, 0.3) is 0 Å². The zero-order chi connectivity index (χ0) is 13.9. The Kier molecular flexibility index (Phi) is 4.45. The van der Waals surface area contributed by atoms with Gasteiger partial charge in [-0.25, -0.2) is 0 Å². The number of hydrogen-bond acceptors (Lipinski definition) is 3. The number of carboxylic acid groups (broad SMARTS) is 1. The van der Waals surface area contributed by atoms with E-state index in [0.717, 1.165) is 38.5 Å². The molecule has 2 rings (SSSR count). The van der Waals surface area contributed by atoms with Crippen LogP contribution in [0.4, 0.5) is 0 Å². The molecular weight excluding hydrogens is 246 g/mol. The number of carbonyl (C=O) groups excluding carboxylic acids is 1. The Hall–Kier alpha value is -1.10. The first-order valence-corrected chi connectivity index (χ1v) is 7.25. The van der Waals surface area contributed by atoms with E-state index in [1.807, 2.05) is 0 Å². The Balaban J connectivity index is 1.89. The van der Waals surface area contributed by atoms with Crippen molar-refractivity contribution in [2.75, 3.05) is 6.54 Å². The quantitative estimate of drug-likeness (QED) is 0.718. The second kappa shape index (κ2) is 5.90. The topological polar surface area (TPSA) is 86.6 Å². The fourth-order valence-electron chi connectivity index (χ4n) is 3.33. The van der Waals surface area contributed by atoms with E-state index in [-0.39, 0.29) is 12.5 Å². The number of nitrogens with one attached hydrogen (secondary N) is 1. The molecule has 0 spiro atoms. The SMILES string of the molecule is O=C(O)C1CCCCC1C(=O)NCC1(O)CCCC1. The zero-order valence-corrected chi connectivity index (χ0v) is 11.2. The molecule has 0 aromatic carbocycles. The predicted molar refractivity (Wildman–Crippen MR) is 69.5 cm³/mol. The molecule has 108 valence electrons. The molecule has 2 aliphatic rings. The molecule has 0 radical (unpaired) electrons. The smallest absolute Gasteiger partial charge is 0.307 e. The average Bonchev–Trinajstić information content (AvgIpc) is 2.83. The molecule has 2 fully saturated rings. The summed E-state index contributed by atoms with van der Waals surface area (Å²) in [6.45, 7) is 0.259. The van der Waals surface area contributed by atoms with Crippen LogP contribution in [0.3, 0.4) is 0 Å². The van der Waals surface area contributed by atoms with Crippen molar-refractivity contribution in [1.82, 2.24) is 5.32 Å². The van der Waals surface area contributed by atoms with Crippen LogP contribution in [0.2, 0.25) is 0 Å². The molecule has 2 unspecified atom stereocenters. The molecule has 5 nitrogen and oxygen atoms in total. The van der Waals surface area contributed by atoms with Gasteiger partial charge in [-0.05, 0) is 25.7 Å². The van der Waals surface area contributed by atoms with Crippen molar-refractivity contribution in [3.05, 3.63) is 0 Å². The first kappa shape index (κ1) is 14.3. The van der Waals surface area contributed by atoms with E-state index in [1.54, 1.807) is 0 Å². The molecule has 3 N–H and O–H groups in total. The number of hydrogen-bond donors (Lipinski definition) is 3. The van der Waals surface area contributed by atoms with Gasteiger partial charge in [0.05, 0.1) is 17.4 Å². The summed E-state index contributed by atoms with van der Waals surface area (Å²) in [5, 5.41) is 22.1. The van der Waals surface area contributed by atoms with E-state index < -0.39 is 23.4 Å². The van der Waals surface area contributed by atoms with Gasteiger partial charge in [0, 0.05) is 6.54 Å². The highest BCUT2D eigenvalue weighted by atomic mass is 16.4. The first-order valence-electron chi connectivity index (χ1n) is 7.25. The van der Waals surface area contributed by atoms with Crippen LogP contribution in [-0.4, -0.2) is 34.2 Å². The Labute approximate surface area is 113 Å². The summed E-state index contributed by atoms with van der Waals surface area (Å²) >= 11 is 0. The Morgan fingerprint density at radius 1 is 1.05 bits per heavy atom. The number of amides is 1. The molecule has 19 heavy (non-hydrogen) atoms. The molecule has 0 saturated heterocycles. The first-order chi connectivity index (χ1) is 9.02. The molecule has 2 aliphatic carbocycles.